The van der Waals surface area contributed by atoms with Crippen LogP contribution in [0, 0.1) is 0 Å². The van der Waals surface area contributed by atoms with Crippen LogP contribution in [0.4, 0.5) is 0 Å². The van der Waals surface area contributed by atoms with Gasteiger partial charge in [-0.05, 0) is 49.2 Å². The third-order valence-corrected chi connectivity index (χ3v) is 7.40. The van der Waals surface area contributed by atoms with Crippen molar-refractivity contribution in [1.29, 1.82) is 0 Å². The fourth-order valence-corrected chi connectivity index (χ4v) is 5.27. The van der Waals surface area contributed by atoms with Crippen molar-refractivity contribution >= 4 is 21.6 Å². The molecule has 0 atom stereocenters. The van der Waals surface area contributed by atoms with Crippen LogP contribution in [0.1, 0.15) is 24.6 Å². The summed E-state index contributed by atoms with van der Waals surface area (Å²) in [4.78, 5) is 12.9. The lowest BCUT2D eigenvalue weighted by Gasteiger charge is -2.30. The largest absolute Gasteiger partial charge is 0.350 e. The number of benzene rings is 2. The molecule has 7 nitrogen and oxygen atoms in total. The second kappa shape index (κ2) is 7.78. The van der Waals surface area contributed by atoms with E-state index < -0.39 is 10.0 Å². The van der Waals surface area contributed by atoms with Gasteiger partial charge < -0.3 is 0 Å². The van der Waals surface area contributed by atoms with Crippen LogP contribution >= 0.6 is 11.6 Å². The van der Waals surface area contributed by atoms with Crippen molar-refractivity contribution < 1.29 is 8.42 Å². The van der Waals surface area contributed by atoms with Crippen molar-refractivity contribution in [1.82, 2.24) is 18.7 Å². The topological polar surface area (TPSA) is 77.2 Å². The Kier molecular flexibility index (Phi) is 5.33. The Morgan fingerprint density at radius 1 is 1.00 bits per heavy atom. The van der Waals surface area contributed by atoms with E-state index in [0.29, 0.717) is 36.8 Å². The van der Waals surface area contributed by atoms with Crippen LogP contribution in [0.5, 0.6) is 0 Å². The summed E-state index contributed by atoms with van der Waals surface area (Å²) in [5.41, 5.74) is 0.555. The first-order valence-corrected chi connectivity index (χ1v) is 11.2. The Bertz CT molecular complexity index is 1160. The molecule has 0 amide bonds. The maximum absolute atomic E-state index is 12.9. The van der Waals surface area contributed by atoms with E-state index in [1.165, 1.54) is 21.1 Å². The minimum absolute atomic E-state index is 0.000717. The lowest BCUT2D eigenvalue weighted by atomic mass is 9.97. The van der Waals surface area contributed by atoms with E-state index in [1.807, 2.05) is 30.3 Å². The molecular formula is C20H21ClN4O3S. The summed E-state index contributed by atoms with van der Waals surface area (Å²) in [6, 6.07) is 15.6. The van der Waals surface area contributed by atoms with Crippen LogP contribution in [0.3, 0.4) is 0 Å². The lowest BCUT2D eigenvalue weighted by Crippen LogP contribution is -2.38. The van der Waals surface area contributed by atoms with Gasteiger partial charge in [-0.15, -0.1) is 0 Å². The number of aromatic nitrogens is 3. The second-order valence-electron chi connectivity index (χ2n) is 7.07. The van der Waals surface area contributed by atoms with Crippen LogP contribution in [0.25, 0.3) is 5.69 Å². The van der Waals surface area contributed by atoms with Crippen LogP contribution < -0.4 is 5.69 Å². The van der Waals surface area contributed by atoms with Crippen molar-refractivity contribution in [3.63, 3.8) is 0 Å². The smallest absolute Gasteiger partial charge is 0.247 e. The number of halogens is 1. The highest BCUT2D eigenvalue weighted by molar-refractivity contribution is 7.89. The summed E-state index contributed by atoms with van der Waals surface area (Å²) in [7, 11) is -1.94. The third-order valence-electron chi connectivity index (χ3n) is 5.23. The van der Waals surface area contributed by atoms with E-state index in [-0.39, 0.29) is 16.5 Å². The van der Waals surface area contributed by atoms with Gasteiger partial charge in [-0.25, -0.2) is 22.5 Å². The molecule has 1 aliphatic heterocycles. The standard InChI is InChI=1S/C20H21ClN4O3S/c1-23-20(26)25(17-5-3-2-4-6-17)19(22-23)15-11-13-24(14-12-15)29(27,28)18-9-7-16(21)8-10-18/h2-10,15H,11-14H2,1H3. The quantitative estimate of drug-likeness (QED) is 0.635. The predicted molar refractivity (Wildman–Crippen MR) is 111 cm³/mol. The van der Waals surface area contributed by atoms with Gasteiger partial charge in [0.15, 0.2) is 0 Å². The number of para-hydroxylation sites is 1. The Morgan fingerprint density at radius 2 is 1.62 bits per heavy atom. The Balaban J connectivity index is 1.57. The minimum atomic E-state index is -3.57. The van der Waals surface area contributed by atoms with Crippen molar-refractivity contribution in [2.75, 3.05) is 13.1 Å². The van der Waals surface area contributed by atoms with E-state index in [2.05, 4.69) is 5.10 Å². The fraction of sp³-hybridized carbons (Fsp3) is 0.300. The number of sulfonamides is 1. The van der Waals surface area contributed by atoms with Gasteiger partial charge in [0.05, 0.1) is 10.6 Å². The summed E-state index contributed by atoms with van der Waals surface area (Å²) in [6.07, 6.45) is 1.19. The molecule has 1 aliphatic rings. The Hall–Kier alpha value is -2.42. The highest BCUT2D eigenvalue weighted by atomic mass is 35.5. The molecule has 0 spiro atoms. The van der Waals surface area contributed by atoms with Gasteiger partial charge in [0, 0.05) is 31.1 Å². The average Bonchev–Trinajstić information content (AvgIpc) is 3.03. The monoisotopic (exact) mass is 432 g/mol. The first kappa shape index (κ1) is 19.9. The van der Waals surface area contributed by atoms with Crippen LogP contribution in [-0.2, 0) is 17.1 Å². The van der Waals surface area contributed by atoms with E-state index in [1.54, 1.807) is 23.7 Å². The summed E-state index contributed by atoms with van der Waals surface area (Å²) in [5.74, 6) is 0.674. The molecule has 0 bridgehead atoms. The van der Waals surface area contributed by atoms with Gasteiger partial charge in [0.25, 0.3) is 0 Å². The molecule has 0 aliphatic carbocycles. The van der Waals surface area contributed by atoms with Crippen molar-refractivity contribution in [3.8, 4) is 5.69 Å². The fourth-order valence-electron chi connectivity index (χ4n) is 3.68. The zero-order valence-electron chi connectivity index (χ0n) is 15.9. The first-order chi connectivity index (χ1) is 13.9. The molecule has 152 valence electrons. The van der Waals surface area contributed by atoms with Gasteiger partial charge in [-0.1, -0.05) is 29.8 Å². The minimum Gasteiger partial charge on any atom is -0.247 e. The van der Waals surface area contributed by atoms with E-state index in [0.717, 1.165) is 5.69 Å². The summed E-state index contributed by atoms with van der Waals surface area (Å²) < 4.78 is 30.2. The van der Waals surface area contributed by atoms with E-state index in [9.17, 15) is 13.2 Å². The molecule has 0 unspecified atom stereocenters. The summed E-state index contributed by atoms with van der Waals surface area (Å²) >= 11 is 5.87. The van der Waals surface area contributed by atoms with Gasteiger partial charge in [0.2, 0.25) is 10.0 Å². The molecule has 2 aromatic carbocycles. The molecule has 0 radical (unpaired) electrons. The predicted octanol–water partition coefficient (Wildman–Crippen LogP) is 2.79. The molecule has 1 saturated heterocycles. The molecule has 0 N–H and O–H groups in total. The third kappa shape index (κ3) is 3.75. The second-order valence-corrected chi connectivity index (χ2v) is 9.44. The van der Waals surface area contributed by atoms with Gasteiger partial charge in [-0.3, -0.25) is 0 Å². The molecule has 4 rings (SSSR count). The molecule has 1 fully saturated rings. The Morgan fingerprint density at radius 3 is 2.24 bits per heavy atom. The zero-order chi connectivity index (χ0) is 20.6. The maximum Gasteiger partial charge on any atom is 0.350 e. The van der Waals surface area contributed by atoms with Crippen molar-refractivity contribution in [3.05, 3.63) is 75.9 Å². The summed E-state index contributed by atoms with van der Waals surface area (Å²) in [6.45, 7) is 0.740. The Labute approximate surface area is 174 Å². The molecular weight excluding hydrogens is 412 g/mol. The molecule has 29 heavy (non-hydrogen) atoms. The lowest BCUT2D eigenvalue weighted by molar-refractivity contribution is 0.311. The summed E-state index contributed by atoms with van der Waals surface area (Å²) in [5, 5.41) is 4.95. The number of hydrogen-bond acceptors (Lipinski definition) is 4. The molecule has 0 saturated carbocycles. The number of hydrogen-bond donors (Lipinski definition) is 0. The normalized spacial score (nSPS) is 16.2. The first-order valence-electron chi connectivity index (χ1n) is 9.35. The SMILES string of the molecule is Cn1nc(C2CCN(S(=O)(=O)c3ccc(Cl)cc3)CC2)n(-c2ccccc2)c1=O. The maximum atomic E-state index is 12.9. The zero-order valence-corrected chi connectivity index (χ0v) is 17.5. The van der Waals surface area contributed by atoms with E-state index >= 15 is 0 Å². The molecule has 1 aromatic heterocycles. The highest BCUT2D eigenvalue weighted by Crippen LogP contribution is 2.30. The van der Waals surface area contributed by atoms with Gasteiger partial charge >= 0.3 is 5.69 Å². The van der Waals surface area contributed by atoms with Crippen molar-refractivity contribution in [2.24, 2.45) is 7.05 Å². The number of rotatable bonds is 4. The van der Waals surface area contributed by atoms with Crippen molar-refractivity contribution in [2.45, 2.75) is 23.7 Å². The van der Waals surface area contributed by atoms with Gasteiger partial charge in [-0.2, -0.15) is 9.40 Å². The molecule has 9 heteroatoms. The van der Waals surface area contributed by atoms with E-state index in [4.69, 9.17) is 11.6 Å². The number of nitrogens with zero attached hydrogens (tertiary/aromatic N) is 4. The molecule has 2 heterocycles. The number of aryl methyl sites for hydroxylation is 1. The van der Waals surface area contributed by atoms with Gasteiger partial charge in [0.1, 0.15) is 5.82 Å². The number of piperidine rings is 1. The molecule has 3 aromatic rings. The highest BCUT2D eigenvalue weighted by Gasteiger charge is 2.32. The average molecular weight is 433 g/mol. The van der Waals surface area contributed by atoms with Crippen LogP contribution in [0.15, 0.2) is 64.3 Å². The van der Waals surface area contributed by atoms with Crippen LogP contribution in [-0.4, -0.2) is 40.2 Å². The van der Waals surface area contributed by atoms with Crippen LogP contribution in [0.2, 0.25) is 5.02 Å².